The molecule has 0 saturated carbocycles. The average molecular weight is 290 g/mol. The SMILES string of the molecule is Cc1cncc(NC2CCN(c3ccc(F)cc3F)C2)n1. The third-order valence-corrected chi connectivity index (χ3v) is 3.55. The second-order valence-corrected chi connectivity index (χ2v) is 5.22. The summed E-state index contributed by atoms with van der Waals surface area (Å²) in [6.45, 7) is 3.25. The smallest absolute Gasteiger partial charge is 0.149 e. The van der Waals surface area contributed by atoms with E-state index in [-0.39, 0.29) is 6.04 Å². The molecule has 0 aliphatic carbocycles. The molecule has 0 spiro atoms. The predicted octanol–water partition coefficient (Wildman–Crippen LogP) is 2.75. The fourth-order valence-electron chi connectivity index (χ4n) is 2.58. The normalized spacial score (nSPS) is 18.0. The number of benzene rings is 1. The monoisotopic (exact) mass is 290 g/mol. The molecule has 1 aromatic heterocycles. The van der Waals surface area contributed by atoms with Crippen LogP contribution in [0.25, 0.3) is 0 Å². The van der Waals surface area contributed by atoms with Gasteiger partial charge < -0.3 is 10.2 Å². The Labute approximate surface area is 121 Å². The van der Waals surface area contributed by atoms with Crippen LogP contribution in [-0.2, 0) is 0 Å². The Kier molecular flexibility index (Phi) is 3.68. The maximum absolute atomic E-state index is 13.8. The molecule has 21 heavy (non-hydrogen) atoms. The summed E-state index contributed by atoms with van der Waals surface area (Å²) in [5.41, 5.74) is 1.29. The molecule has 1 aliphatic heterocycles. The number of hydrogen-bond donors (Lipinski definition) is 1. The van der Waals surface area contributed by atoms with Gasteiger partial charge in [0.25, 0.3) is 0 Å². The van der Waals surface area contributed by atoms with Crippen LogP contribution in [0.2, 0.25) is 0 Å². The molecule has 4 nitrogen and oxygen atoms in total. The Bertz CT molecular complexity index is 647. The molecule has 1 unspecified atom stereocenters. The van der Waals surface area contributed by atoms with Gasteiger partial charge in [-0.3, -0.25) is 4.98 Å². The molecule has 110 valence electrons. The van der Waals surface area contributed by atoms with Crippen molar-refractivity contribution in [1.82, 2.24) is 9.97 Å². The lowest BCUT2D eigenvalue weighted by Gasteiger charge is -2.19. The fraction of sp³-hybridized carbons (Fsp3) is 0.333. The van der Waals surface area contributed by atoms with Crippen molar-refractivity contribution in [2.24, 2.45) is 0 Å². The van der Waals surface area contributed by atoms with Gasteiger partial charge in [0.2, 0.25) is 0 Å². The fourth-order valence-corrected chi connectivity index (χ4v) is 2.58. The number of aromatic nitrogens is 2. The van der Waals surface area contributed by atoms with Gasteiger partial charge in [-0.15, -0.1) is 0 Å². The van der Waals surface area contributed by atoms with Gasteiger partial charge in [-0.25, -0.2) is 13.8 Å². The second-order valence-electron chi connectivity index (χ2n) is 5.22. The van der Waals surface area contributed by atoms with E-state index in [4.69, 9.17) is 0 Å². The van der Waals surface area contributed by atoms with Crippen molar-refractivity contribution in [3.05, 3.63) is 47.9 Å². The van der Waals surface area contributed by atoms with Gasteiger partial charge in [0.1, 0.15) is 17.5 Å². The van der Waals surface area contributed by atoms with Crippen LogP contribution in [0.15, 0.2) is 30.6 Å². The summed E-state index contributed by atoms with van der Waals surface area (Å²) in [7, 11) is 0. The lowest BCUT2D eigenvalue weighted by Crippen LogP contribution is -2.27. The van der Waals surface area contributed by atoms with Crippen molar-refractivity contribution < 1.29 is 8.78 Å². The van der Waals surface area contributed by atoms with Gasteiger partial charge in [0.15, 0.2) is 0 Å². The average Bonchev–Trinajstić information content (AvgIpc) is 2.87. The molecule has 1 N–H and O–H groups in total. The highest BCUT2D eigenvalue weighted by atomic mass is 19.1. The van der Waals surface area contributed by atoms with Crippen LogP contribution in [0.3, 0.4) is 0 Å². The number of nitrogens with zero attached hydrogens (tertiary/aromatic N) is 3. The maximum atomic E-state index is 13.8. The van der Waals surface area contributed by atoms with Gasteiger partial charge in [0.05, 0.1) is 17.6 Å². The summed E-state index contributed by atoms with van der Waals surface area (Å²) >= 11 is 0. The van der Waals surface area contributed by atoms with Crippen LogP contribution < -0.4 is 10.2 Å². The first-order chi connectivity index (χ1) is 10.1. The third-order valence-electron chi connectivity index (χ3n) is 3.55. The molecule has 1 saturated heterocycles. The van der Waals surface area contributed by atoms with E-state index in [1.165, 1.54) is 12.1 Å². The Hall–Kier alpha value is -2.24. The van der Waals surface area contributed by atoms with Crippen molar-refractivity contribution in [2.45, 2.75) is 19.4 Å². The van der Waals surface area contributed by atoms with Crippen molar-refractivity contribution in [2.75, 3.05) is 23.3 Å². The lowest BCUT2D eigenvalue weighted by molar-refractivity contribution is 0.581. The number of nitrogens with one attached hydrogen (secondary N) is 1. The molecule has 0 amide bonds. The number of hydrogen-bond acceptors (Lipinski definition) is 4. The number of anilines is 2. The highest BCUT2D eigenvalue weighted by molar-refractivity contribution is 5.50. The van der Waals surface area contributed by atoms with Crippen LogP contribution >= 0.6 is 0 Å². The summed E-state index contributed by atoms with van der Waals surface area (Å²) in [5.74, 6) is -0.354. The summed E-state index contributed by atoms with van der Waals surface area (Å²) < 4.78 is 26.7. The first-order valence-corrected chi connectivity index (χ1v) is 6.87. The Morgan fingerprint density at radius 3 is 2.90 bits per heavy atom. The molecule has 3 rings (SSSR count). The first-order valence-electron chi connectivity index (χ1n) is 6.87. The molecule has 1 atom stereocenters. The van der Waals surface area contributed by atoms with E-state index in [2.05, 4.69) is 15.3 Å². The van der Waals surface area contributed by atoms with Gasteiger partial charge in [-0.1, -0.05) is 0 Å². The van der Waals surface area contributed by atoms with Crippen LogP contribution in [0, 0.1) is 18.6 Å². The molecular formula is C15H16F2N4. The number of rotatable bonds is 3. The molecule has 2 aromatic rings. The molecule has 6 heteroatoms. The standard InChI is InChI=1S/C15H16F2N4/c1-10-7-18-8-15(19-10)20-12-4-5-21(9-12)14-3-2-11(16)6-13(14)17/h2-3,6-8,12H,4-5,9H2,1H3,(H,19,20). The summed E-state index contributed by atoms with van der Waals surface area (Å²) in [5, 5.41) is 3.30. The minimum atomic E-state index is -0.555. The van der Waals surface area contributed by atoms with E-state index in [1.54, 1.807) is 12.4 Å². The van der Waals surface area contributed by atoms with E-state index in [1.807, 2.05) is 11.8 Å². The zero-order valence-electron chi connectivity index (χ0n) is 11.7. The van der Waals surface area contributed by atoms with Crippen molar-refractivity contribution in [3.63, 3.8) is 0 Å². The molecule has 1 fully saturated rings. The second kappa shape index (κ2) is 5.63. The van der Waals surface area contributed by atoms with Gasteiger partial charge >= 0.3 is 0 Å². The maximum Gasteiger partial charge on any atom is 0.149 e. The van der Waals surface area contributed by atoms with E-state index < -0.39 is 11.6 Å². The Morgan fingerprint density at radius 1 is 1.29 bits per heavy atom. The van der Waals surface area contributed by atoms with E-state index in [0.717, 1.165) is 30.5 Å². The molecule has 0 radical (unpaired) electrons. The Balaban J connectivity index is 1.68. The Morgan fingerprint density at radius 2 is 2.14 bits per heavy atom. The van der Waals surface area contributed by atoms with E-state index in [9.17, 15) is 8.78 Å². The number of halogens is 2. The highest BCUT2D eigenvalue weighted by Crippen LogP contribution is 2.25. The quantitative estimate of drug-likeness (QED) is 0.943. The van der Waals surface area contributed by atoms with Gasteiger partial charge in [0, 0.05) is 31.4 Å². The molecular weight excluding hydrogens is 274 g/mol. The molecule has 1 aliphatic rings. The molecule has 2 heterocycles. The minimum absolute atomic E-state index is 0.172. The minimum Gasteiger partial charge on any atom is -0.367 e. The third kappa shape index (κ3) is 3.09. The molecule has 1 aromatic carbocycles. The lowest BCUT2D eigenvalue weighted by atomic mass is 10.2. The van der Waals surface area contributed by atoms with Gasteiger partial charge in [-0.2, -0.15) is 0 Å². The zero-order chi connectivity index (χ0) is 14.8. The number of aryl methyl sites for hydroxylation is 1. The van der Waals surface area contributed by atoms with Crippen molar-refractivity contribution in [1.29, 1.82) is 0 Å². The van der Waals surface area contributed by atoms with Crippen LogP contribution in [0.5, 0.6) is 0 Å². The van der Waals surface area contributed by atoms with Crippen molar-refractivity contribution >= 4 is 11.5 Å². The predicted molar refractivity (Wildman–Crippen MR) is 77.4 cm³/mol. The summed E-state index contributed by atoms with van der Waals surface area (Å²) in [6.07, 6.45) is 4.24. The van der Waals surface area contributed by atoms with Gasteiger partial charge in [-0.05, 0) is 25.5 Å². The molecule has 0 bridgehead atoms. The highest BCUT2D eigenvalue weighted by Gasteiger charge is 2.24. The van der Waals surface area contributed by atoms with Crippen molar-refractivity contribution in [3.8, 4) is 0 Å². The van der Waals surface area contributed by atoms with E-state index >= 15 is 0 Å². The first kappa shape index (κ1) is 13.7. The summed E-state index contributed by atoms with van der Waals surface area (Å²) in [4.78, 5) is 10.3. The van der Waals surface area contributed by atoms with Crippen LogP contribution in [0.1, 0.15) is 12.1 Å². The largest absolute Gasteiger partial charge is 0.367 e. The van der Waals surface area contributed by atoms with Crippen LogP contribution in [-0.4, -0.2) is 29.1 Å². The zero-order valence-corrected chi connectivity index (χ0v) is 11.7. The topological polar surface area (TPSA) is 41.1 Å². The summed E-state index contributed by atoms with van der Waals surface area (Å²) in [6, 6.07) is 3.86. The van der Waals surface area contributed by atoms with Crippen LogP contribution in [0.4, 0.5) is 20.3 Å². The van der Waals surface area contributed by atoms with E-state index in [0.29, 0.717) is 12.2 Å².